The normalized spacial score (nSPS) is 12.0. The van der Waals surface area contributed by atoms with Crippen molar-refractivity contribution < 1.29 is 0 Å². The molecule has 0 amide bonds. The largest absolute Gasteiger partial charge is 0.147 e. The van der Waals surface area contributed by atoms with Crippen molar-refractivity contribution in [1.82, 2.24) is 0 Å². The lowest BCUT2D eigenvalue weighted by atomic mass is 10.0. The van der Waals surface area contributed by atoms with Gasteiger partial charge in [0.15, 0.2) is 0 Å². The van der Waals surface area contributed by atoms with E-state index in [1.165, 1.54) is 40.2 Å². The van der Waals surface area contributed by atoms with Crippen molar-refractivity contribution in [3.63, 3.8) is 0 Å². The average molecular weight is 211 g/mol. The van der Waals surface area contributed by atoms with Crippen molar-refractivity contribution in [3.8, 4) is 0 Å². The Morgan fingerprint density at radius 2 is 1.67 bits per heavy atom. The first-order chi connectivity index (χ1) is 5.06. The van der Waals surface area contributed by atoms with Gasteiger partial charge in [-0.15, -0.1) is 21.0 Å². The fourth-order valence-corrected chi connectivity index (χ4v) is 2.39. The molecule has 0 aromatic rings. The van der Waals surface area contributed by atoms with E-state index in [0.717, 1.165) is 0 Å². The number of hydrogen-bond donors (Lipinski definition) is 0. The van der Waals surface area contributed by atoms with Crippen LogP contribution in [-0.4, -0.2) is 12.3 Å². The van der Waals surface area contributed by atoms with Crippen molar-refractivity contribution in [1.29, 1.82) is 0 Å². The van der Waals surface area contributed by atoms with Gasteiger partial charge in [0, 0.05) is 0 Å². The molecule has 2 heteroatoms. The predicted octanol–water partition coefficient (Wildman–Crippen LogP) is 4.32. The zero-order valence-corrected chi connectivity index (χ0v) is 10.8. The molecule has 0 N–H and O–H groups in total. The molecule has 1 atom stereocenters. The quantitative estimate of drug-likeness (QED) is 0.468. The van der Waals surface area contributed by atoms with E-state index in [-0.39, 0.29) is 12.4 Å². The fourth-order valence-electron chi connectivity index (χ4n) is 0.963. The molecule has 0 spiro atoms. The fraction of sp³-hybridized carbons (Fsp3) is 1.00. The van der Waals surface area contributed by atoms with Crippen LogP contribution in [0.5, 0.6) is 0 Å². The minimum atomic E-state index is 0. The van der Waals surface area contributed by atoms with Gasteiger partial charge in [0.25, 0.3) is 0 Å². The number of hydrogen-bond acceptors (Lipinski definition) is 0. The van der Waals surface area contributed by atoms with Crippen LogP contribution in [0.25, 0.3) is 0 Å². The van der Waals surface area contributed by atoms with E-state index >= 15 is 0 Å². The molecule has 0 fully saturated rings. The van der Waals surface area contributed by atoms with Crippen LogP contribution in [0.15, 0.2) is 0 Å². The first kappa shape index (κ1) is 15.2. The minimum absolute atomic E-state index is 0. The van der Waals surface area contributed by atoms with Gasteiger partial charge in [-0.05, 0) is 24.2 Å². The summed E-state index contributed by atoms with van der Waals surface area (Å²) in [6.07, 6.45) is 7.12. The minimum Gasteiger partial charge on any atom is -0.147 e. The molecule has 76 valence electrons. The maximum atomic E-state index is 2.33. The number of halogens is 1. The standard InChI is InChI=1S/C10H23P.ClH/c1-5-6-7-8-11-9-10(2,3)4;/h11H,5-9H2,1-4H3;1H. The Morgan fingerprint density at radius 1 is 1.08 bits per heavy atom. The Morgan fingerprint density at radius 3 is 2.08 bits per heavy atom. The summed E-state index contributed by atoms with van der Waals surface area (Å²) in [6.45, 7) is 9.27. The van der Waals surface area contributed by atoms with Gasteiger partial charge in [-0.3, -0.25) is 0 Å². The lowest BCUT2D eigenvalue weighted by Crippen LogP contribution is -2.07. The summed E-state index contributed by atoms with van der Waals surface area (Å²) in [4.78, 5) is 0. The highest BCUT2D eigenvalue weighted by Gasteiger charge is 2.08. The van der Waals surface area contributed by atoms with E-state index in [1.807, 2.05) is 0 Å². The van der Waals surface area contributed by atoms with Gasteiger partial charge < -0.3 is 0 Å². The van der Waals surface area contributed by atoms with Gasteiger partial charge >= 0.3 is 0 Å². The third kappa shape index (κ3) is 13.3. The smallest absolute Gasteiger partial charge is 0.0304 e. The van der Waals surface area contributed by atoms with Crippen molar-refractivity contribution in [2.24, 2.45) is 5.41 Å². The molecule has 12 heavy (non-hydrogen) atoms. The first-order valence-corrected chi connectivity index (χ1v) is 6.18. The molecule has 0 bridgehead atoms. The highest BCUT2D eigenvalue weighted by atomic mass is 35.5. The molecule has 0 aromatic carbocycles. The van der Waals surface area contributed by atoms with Crippen LogP contribution in [0.3, 0.4) is 0 Å². The maximum Gasteiger partial charge on any atom is -0.0304 e. The predicted molar refractivity (Wildman–Crippen MR) is 64.3 cm³/mol. The zero-order valence-electron chi connectivity index (χ0n) is 8.94. The van der Waals surface area contributed by atoms with Crippen LogP contribution >= 0.6 is 21.0 Å². The summed E-state index contributed by atoms with van der Waals surface area (Å²) in [5, 5.41) is 0. The molecule has 0 saturated carbocycles. The first-order valence-electron chi connectivity index (χ1n) is 4.77. The highest BCUT2D eigenvalue weighted by Crippen LogP contribution is 2.25. The van der Waals surface area contributed by atoms with Gasteiger partial charge in [0.2, 0.25) is 0 Å². The van der Waals surface area contributed by atoms with E-state index in [4.69, 9.17) is 0 Å². The topological polar surface area (TPSA) is 0 Å². The van der Waals surface area contributed by atoms with Crippen LogP contribution in [0.1, 0.15) is 47.0 Å². The maximum absolute atomic E-state index is 2.33. The molecule has 0 nitrogen and oxygen atoms in total. The van der Waals surface area contributed by atoms with Crippen molar-refractivity contribution in [2.75, 3.05) is 12.3 Å². The second kappa shape index (κ2) is 8.32. The Bertz CT molecular complexity index is 86.3. The Kier molecular flexibility index (Phi) is 10.5. The molecule has 0 aliphatic heterocycles. The summed E-state index contributed by atoms with van der Waals surface area (Å²) in [5.74, 6) is 0. The molecular weight excluding hydrogens is 187 g/mol. The molecule has 0 radical (unpaired) electrons. The second-order valence-corrected chi connectivity index (χ2v) is 5.80. The molecule has 1 unspecified atom stereocenters. The van der Waals surface area contributed by atoms with Gasteiger partial charge in [-0.25, -0.2) is 0 Å². The molecule has 0 aliphatic carbocycles. The van der Waals surface area contributed by atoms with Crippen LogP contribution < -0.4 is 0 Å². The van der Waals surface area contributed by atoms with E-state index < -0.39 is 0 Å². The monoisotopic (exact) mass is 210 g/mol. The average Bonchev–Trinajstić information content (AvgIpc) is 1.85. The number of rotatable bonds is 5. The van der Waals surface area contributed by atoms with Crippen molar-refractivity contribution in [3.05, 3.63) is 0 Å². The lowest BCUT2D eigenvalue weighted by molar-refractivity contribution is 0.478. The lowest BCUT2D eigenvalue weighted by Gasteiger charge is -2.17. The van der Waals surface area contributed by atoms with Gasteiger partial charge in [-0.2, -0.15) is 0 Å². The second-order valence-electron chi connectivity index (χ2n) is 4.44. The summed E-state index contributed by atoms with van der Waals surface area (Å²) in [6, 6.07) is 0. The summed E-state index contributed by atoms with van der Waals surface area (Å²) in [5.41, 5.74) is 0.560. The Hall–Kier alpha value is 0.720. The van der Waals surface area contributed by atoms with E-state index in [9.17, 15) is 0 Å². The zero-order chi connectivity index (χ0) is 8.74. The molecule has 0 aliphatic rings. The van der Waals surface area contributed by atoms with Gasteiger partial charge in [0.05, 0.1) is 0 Å². The van der Waals surface area contributed by atoms with Gasteiger partial charge in [0.1, 0.15) is 0 Å². The molecule has 0 heterocycles. The Labute approximate surface area is 86.1 Å². The summed E-state index contributed by atoms with van der Waals surface area (Å²) < 4.78 is 0. The van der Waals surface area contributed by atoms with E-state index in [2.05, 4.69) is 27.7 Å². The SMILES string of the molecule is CCCCCPCC(C)(C)C.Cl. The third-order valence-electron chi connectivity index (χ3n) is 1.61. The summed E-state index contributed by atoms with van der Waals surface area (Å²) >= 11 is 0. The van der Waals surface area contributed by atoms with Crippen LogP contribution in [-0.2, 0) is 0 Å². The molecule has 0 rings (SSSR count). The van der Waals surface area contributed by atoms with Gasteiger partial charge in [-0.1, -0.05) is 40.5 Å². The van der Waals surface area contributed by atoms with Crippen molar-refractivity contribution >= 4 is 21.0 Å². The van der Waals surface area contributed by atoms with E-state index in [1.54, 1.807) is 0 Å². The highest BCUT2D eigenvalue weighted by molar-refractivity contribution is 7.38. The number of unbranched alkanes of at least 4 members (excludes halogenated alkanes) is 2. The molecule has 0 saturated heterocycles. The molecule has 0 aromatic heterocycles. The Balaban J connectivity index is 0. The summed E-state index contributed by atoms with van der Waals surface area (Å²) in [7, 11) is 1.19. The van der Waals surface area contributed by atoms with Crippen LogP contribution in [0, 0.1) is 5.41 Å². The third-order valence-corrected chi connectivity index (χ3v) is 3.63. The van der Waals surface area contributed by atoms with Crippen molar-refractivity contribution in [2.45, 2.75) is 47.0 Å². The van der Waals surface area contributed by atoms with Crippen LogP contribution in [0.2, 0.25) is 0 Å². The van der Waals surface area contributed by atoms with Crippen LogP contribution in [0.4, 0.5) is 0 Å². The van der Waals surface area contributed by atoms with E-state index in [0.29, 0.717) is 5.41 Å². The molecular formula is C10H24ClP.